The second-order valence-corrected chi connectivity index (χ2v) is 9.50. The number of hydrogen-bond donors (Lipinski definition) is 0. The molecule has 0 N–H and O–H groups in total. The second-order valence-electron chi connectivity index (χ2n) is 9.50. The van der Waals surface area contributed by atoms with Crippen LogP contribution in [0.5, 0.6) is 11.5 Å². The normalized spacial score (nSPS) is 20.0. The zero-order valence-corrected chi connectivity index (χ0v) is 20.0. The van der Waals surface area contributed by atoms with E-state index in [9.17, 15) is 9.59 Å². The van der Waals surface area contributed by atoms with Gasteiger partial charge in [0.05, 0.1) is 20.1 Å². The van der Waals surface area contributed by atoms with Gasteiger partial charge in [0.15, 0.2) is 0 Å². The number of fused-ring (bicyclic) bond motifs is 1. The van der Waals surface area contributed by atoms with Crippen LogP contribution in [0.3, 0.4) is 0 Å². The summed E-state index contributed by atoms with van der Waals surface area (Å²) in [5.74, 6) is 1.48. The van der Waals surface area contributed by atoms with Gasteiger partial charge >= 0.3 is 0 Å². The Hall–Kier alpha value is -3.02. The third kappa shape index (κ3) is 4.85. The molecule has 0 spiro atoms. The lowest BCUT2D eigenvalue weighted by Crippen LogP contribution is -2.42. The van der Waals surface area contributed by atoms with E-state index in [-0.39, 0.29) is 29.6 Å². The first-order valence-electron chi connectivity index (χ1n) is 11.8. The maximum absolute atomic E-state index is 13.9. The maximum atomic E-state index is 13.9. The summed E-state index contributed by atoms with van der Waals surface area (Å²) < 4.78 is 11.1. The molecule has 6 nitrogen and oxygen atoms in total. The predicted octanol–water partition coefficient (Wildman–Crippen LogP) is 3.88. The van der Waals surface area contributed by atoms with Gasteiger partial charge in [-0.25, -0.2) is 0 Å². The molecule has 1 fully saturated rings. The van der Waals surface area contributed by atoms with Crippen molar-refractivity contribution in [2.45, 2.75) is 39.2 Å². The van der Waals surface area contributed by atoms with E-state index in [1.807, 2.05) is 47.9 Å². The number of nitrogens with zero attached hydrogens (tertiary/aromatic N) is 2. The number of ether oxygens (including phenoxy) is 2. The summed E-state index contributed by atoms with van der Waals surface area (Å²) in [5, 5.41) is 0. The predicted molar refractivity (Wildman–Crippen MR) is 127 cm³/mol. The van der Waals surface area contributed by atoms with Gasteiger partial charge in [0.1, 0.15) is 11.5 Å². The van der Waals surface area contributed by atoms with E-state index in [4.69, 9.17) is 9.47 Å². The molecule has 0 aliphatic carbocycles. The number of likely N-dealkylation sites (tertiary alicyclic amines) is 1. The highest BCUT2D eigenvalue weighted by atomic mass is 16.5. The van der Waals surface area contributed by atoms with Crippen molar-refractivity contribution in [1.29, 1.82) is 0 Å². The summed E-state index contributed by atoms with van der Waals surface area (Å²) in [5.41, 5.74) is 3.44. The molecule has 0 saturated carbocycles. The average molecular weight is 451 g/mol. The van der Waals surface area contributed by atoms with E-state index in [0.29, 0.717) is 32.6 Å². The highest BCUT2D eigenvalue weighted by Gasteiger charge is 2.43. The van der Waals surface area contributed by atoms with Crippen LogP contribution in [0.2, 0.25) is 0 Å². The number of benzene rings is 2. The van der Waals surface area contributed by atoms with Crippen LogP contribution in [0.25, 0.3) is 0 Å². The molecule has 2 amide bonds. The van der Waals surface area contributed by atoms with Crippen LogP contribution >= 0.6 is 0 Å². The highest BCUT2D eigenvalue weighted by molar-refractivity contribution is 5.84. The van der Waals surface area contributed by atoms with E-state index in [0.717, 1.165) is 23.5 Å². The van der Waals surface area contributed by atoms with Crippen LogP contribution in [0.4, 0.5) is 0 Å². The van der Waals surface area contributed by atoms with Gasteiger partial charge in [-0.05, 0) is 41.7 Å². The minimum atomic E-state index is -0.313. The fourth-order valence-electron chi connectivity index (χ4n) is 5.10. The van der Waals surface area contributed by atoms with Crippen molar-refractivity contribution < 1.29 is 19.1 Å². The number of carbonyl (C=O) groups excluding carboxylic acids is 2. The van der Waals surface area contributed by atoms with Gasteiger partial charge in [-0.2, -0.15) is 0 Å². The molecule has 1 saturated heterocycles. The van der Waals surface area contributed by atoms with Crippen molar-refractivity contribution in [3.63, 3.8) is 0 Å². The Morgan fingerprint density at radius 2 is 1.76 bits per heavy atom. The van der Waals surface area contributed by atoms with Gasteiger partial charge in [-0.15, -0.1) is 0 Å². The highest BCUT2D eigenvalue weighted by Crippen LogP contribution is 2.41. The fourth-order valence-corrected chi connectivity index (χ4v) is 5.10. The number of rotatable bonds is 6. The maximum Gasteiger partial charge on any atom is 0.228 e. The second kappa shape index (κ2) is 9.86. The van der Waals surface area contributed by atoms with Crippen molar-refractivity contribution in [2.24, 2.45) is 11.8 Å². The van der Waals surface area contributed by atoms with Crippen LogP contribution in [0.15, 0.2) is 42.5 Å². The molecule has 0 aromatic heterocycles. The van der Waals surface area contributed by atoms with Crippen LogP contribution in [0, 0.1) is 11.8 Å². The van der Waals surface area contributed by atoms with Crippen LogP contribution in [-0.4, -0.2) is 55.5 Å². The van der Waals surface area contributed by atoms with Gasteiger partial charge in [-0.3, -0.25) is 9.59 Å². The Morgan fingerprint density at radius 3 is 2.45 bits per heavy atom. The molecule has 2 heterocycles. The summed E-state index contributed by atoms with van der Waals surface area (Å²) in [6, 6.07) is 14.0. The average Bonchev–Trinajstić information content (AvgIpc) is 3.28. The van der Waals surface area contributed by atoms with Crippen LogP contribution in [-0.2, 0) is 22.6 Å². The topological polar surface area (TPSA) is 59.1 Å². The van der Waals surface area contributed by atoms with Crippen LogP contribution in [0.1, 0.15) is 42.9 Å². The minimum absolute atomic E-state index is 0.108. The molecule has 176 valence electrons. The number of carbonyl (C=O) groups is 2. The first kappa shape index (κ1) is 23.1. The minimum Gasteiger partial charge on any atom is -0.497 e. The van der Waals surface area contributed by atoms with Gasteiger partial charge in [0.25, 0.3) is 0 Å². The molecule has 2 aromatic carbocycles. The largest absolute Gasteiger partial charge is 0.497 e. The molecule has 2 aromatic rings. The van der Waals surface area contributed by atoms with E-state index < -0.39 is 0 Å². The van der Waals surface area contributed by atoms with E-state index >= 15 is 0 Å². The number of methoxy groups -OCH3 is 2. The molecule has 0 bridgehead atoms. The first-order valence-corrected chi connectivity index (χ1v) is 11.8. The van der Waals surface area contributed by atoms with Crippen molar-refractivity contribution >= 4 is 11.8 Å². The van der Waals surface area contributed by atoms with Crippen LogP contribution < -0.4 is 9.47 Å². The SMILES string of the molecule is COc1ccc(OC)c(C2CN(C(=O)CC(C)C)CC2C(=O)N2CCc3ccccc3C2)c1. The Balaban J connectivity index is 1.65. The van der Waals surface area contributed by atoms with Gasteiger partial charge < -0.3 is 19.3 Å². The number of amides is 2. The molecular formula is C27H34N2O4. The lowest BCUT2D eigenvalue weighted by Gasteiger charge is -2.32. The van der Waals surface area contributed by atoms with Gasteiger partial charge in [-0.1, -0.05) is 38.1 Å². The van der Waals surface area contributed by atoms with Crippen molar-refractivity contribution in [2.75, 3.05) is 33.9 Å². The summed E-state index contributed by atoms with van der Waals surface area (Å²) in [6.45, 7) is 6.36. The molecular weight excluding hydrogens is 416 g/mol. The Morgan fingerprint density at radius 1 is 1.00 bits per heavy atom. The molecule has 2 aliphatic heterocycles. The van der Waals surface area contributed by atoms with E-state index in [1.165, 1.54) is 11.1 Å². The molecule has 4 rings (SSSR count). The standard InChI is InChI=1S/C27H34N2O4/c1-18(2)13-26(30)29-16-23(22-14-21(32-3)9-10-25(22)33-4)24(17-29)27(31)28-12-11-19-7-5-6-8-20(19)15-28/h5-10,14,18,23-24H,11-13,15-17H2,1-4H3. The molecule has 6 heteroatoms. The molecule has 0 radical (unpaired) electrons. The van der Waals surface area contributed by atoms with E-state index in [1.54, 1.807) is 14.2 Å². The third-order valence-electron chi connectivity index (χ3n) is 6.85. The lowest BCUT2D eigenvalue weighted by molar-refractivity contribution is -0.137. The monoisotopic (exact) mass is 450 g/mol. The summed E-state index contributed by atoms with van der Waals surface area (Å²) in [7, 11) is 3.27. The van der Waals surface area contributed by atoms with E-state index in [2.05, 4.69) is 18.2 Å². The third-order valence-corrected chi connectivity index (χ3v) is 6.85. The summed E-state index contributed by atoms with van der Waals surface area (Å²) >= 11 is 0. The van der Waals surface area contributed by atoms with Crippen molar-refractivity contribution in [1.82, 2.24) is 9.80 Å². The van der Waals surface area contributed by atoms with Gasteiger partial charge in [0, 0.05) is 44.1 Å². The lowest BCUT2D eigenvalue weighted by atomic mass is 9.86. The van der Waals surface area contributed by atoms with Gasteiger partial charge in [0.2, 0.25) is 11.8 Å². The fraction of sp³-hybridized carbons (Fsp3) is 0.481. The Bertz CT molecular complexity index is 1020. The molecule has 2 unspecified atom stereocenters. The number of hydrogen-bond acceptors (Lipinski definition) is 4. The summed E-state index contributed by atoms with van der Waals surface area (Å²) in [6.07, 6.45) is 1.34. The molecule has 33 heavy (non-hydrogen) atoms. The zero-order valence-electron chi connectivity index (χ0n) is 20.0. The summed E-state index contributed by atoms with van der Waals surface area (Å²) in [4.78, 5) is 30.6. The van der Waals surface area contributed by atoms with Crippen molar-refractivity contribution in [3.05, 3.63) is 59.2 Å². The Labute approximate surface area is 196 Å². The first-order chi connectivity index (χ1) is 15.9. The Kier molecular flexibility index (Phi) is 6.91. The smallest absolute Gasteiger partial charge is 0.228 e. The quantitative estimate of drug-likeness (QED) is 0.670. The van der Waals surface area contributed by atoms with Crippen molar-refractivity contribution in [3.8, 4) is 11.5 Å². The molecule has 2 atom stereocenters. The molecule has 2 aliphatic rings. The zero-order chi connectivity index (χ0) is 23.5.